The minimum Gasteiger partial charge on any atom is -0.316 e. The van der Waals surface area contributed by atoms with Crippen LogP contribution in [0.4, 0.5) is 0 Å². The number of rotatable bonds is 3. The molecule has 5 heteroatoms. The number of hydrogen-bond donors (Lipinski definition) is 2. The molecule has 0 amide bonds. The maximum Gasteiger partial charge on any atom is 0.267 e. The monoisotopic (exact) mass is 215 g/mol. The molecule has 1 saturated heterocycles. The zero-order chi connectivity index (χ0) is 11.6. The molecule has 1 aliphatic rings. The van der Waals surface area contributed by atoms with Crippen LogP contribution in [0.5, 0.6) is 0 Å². The van der Waals surface area contributed by atoms with Crippen LogP contribution in [0.3, 0.4) is 0 Å². The Hall–Kier alpha value is -0.680. The van der Waals surface area contributed by atoms with Crippen LogP contribution in [-0.4, -0.2) is 17.3 Å². The fourth-order valence-electron chi connectivity index (χ4n) is 2.13. The van der Waals surface area contributed by atoms with Gasteiger partial charge in [-0.05, 0) is 17.8 Å². The molecule has 0 bridgehead atoms. The van der Waals surface area contributed by atoms with Gasteiger partial charge in [-0.1, -0.05) is 27.2 Å². The number of nitrogens with two attached hydrogens (primary N) is 1. The van der Waals surface area contributed by atoms with Crippen molar-refractivity contribution in [2.45, 2.75) is 52.4 Å². The van der Waals surface area contributed by atoms with Gasteiger partial charge in [-0.25, -0.2) is 5.32 Å². The predicted octanol–water partition coefficient (Wildman–Crippen LogP) is 1.31. The number of nitro groups is 1. The third-order valence-electron chi connectivity index (χ3n) is 3.72. The third-order valence-corrected chi connectivity index (χ3v) is 3.72. The summed E-state index contributed by atoms with van der Waals surface area (Å²) < 4.78 is 0. The SMILES string of the molecule is CCC(C)(C)C1CC(N)NC([N+](=O)[O-])C1. The van der Waals surface area contributed by atoms with Gasteiger partial charge in [0.05, 0.1) is 6.17 Å². The summed E-state index contributed by atoms with van der Waals surface area (Å²) in [5, 5.41) is 13.6. The lowest BCUT2D eigenvalue weighted by Gasteiger charge is -2.39. The van der Waals surface area contributed by atoms with Gasteiger partial charge >= 0.3 is 0 Å². The van der Waals surface area contributed by atoms with Crippen molar-refractivity contribution in [3.05, 3.63) is 10.1 Å². The topological polar surface area (TPSA) is 81.2 Å². The Morgan fingerprint density at radius 1 is 1.53 bits per heavy atom. The highest BCUT2D eigenvalue weighted by molar-refractivity contribution is 4.86. The first-order valence-electron chi connectivity index (χ1n) is 5.52. The molecule has 1 fully saturated rings. The van der Waals surface area contributed by atoms with Gasteiger partial charge in [-0.3, -0.25) is 10.1 Å². The molecule has 0 spiro atoms. The second kappa shape index (κ2) is 4.45. The summed E-state index contributed by atoms with van der Waals surface area (Å²) in [7, 11) is 0. The average Bonchev–Trinajstić information content (AvgIpc) is 2.16. The largest absolute Gasteiger partial charge is 0.316 e. The first-order chi connectivity index (χ1) is 6.86. The lowest BCUT2D eigenvalue weighted by Crippen LogP contribution is -2.55. The smallest absolute Gasteiger partial charge is 0.267 e. The van der Waals surface area contributed by atoms with E-state index >= 15 is 0 Å². The number of piperidine rings is 1. The zero-order valence-corrected chi connectivity index (χ0v) is 9.69. The quantitative estimate of drug-likeness (QED) is 0.549. The Kier molecular flexibility index (Phi) is 3.67. The Morgan fingerprint density at radius 3 is 2.60 bits per heavy atom. The first kappa shape index (κ1) is 12.4. The van der Waals surface area contributed by atoms with Crippen molar-refractivity contribution in [1.82, 2.24) is 5.32 Å². The molecule has 88 valence electrons. The van der Waals surface area contributed by atoms with E-state index in [0.29, 0.717) is 12.3 Å². The van der Waals surface area contributed by atoms with Gasteiger partial charge < -0.3 is 5.73 Å². The summed E-state index contributed by atoms with van der Waals surface area (Å²) in [5.74, 6) is 0.328. The minimum absolute atomic E-state index is 0.133. The molecule has 15 heavy (non-hydrogen) atoms. The summed E-state index contributed by atoms with van der Waals surface area (Å²) in [4.78, 5) is 10.5. The Morgan fingerprint density at radius 2 is 2.13 bits per heavy atom. The van der Waals surface area contributed by atoms with E-state index in [1.807, 2.05) is 0 Å². The van der Waals surface area contributed by atoms with Gasteiger partial charge in [0, 0.05) is 11.3 Å². The highest BCUT2D eigenvalue weighted by atomic mass is 16.6. The standard InChI is InChI=1S/C10H21N3O2/c1-4-10(2,3)7-5-8(11)12-9(6-7)13(14)15/h7-9,12H,4-6,11H2,1-3H3. The van der Waals surface area contributed by atoms with E-state index in [9.17, 15) is 10.1 Å². The molecule has 1 aliphatic heterocycles. The summed E-state index contributed by atoms with van der Waals surface area (Å²) in [6.45, 7) is 6.44. The summed E-state index contributed by atoms with van der Waals surface area (Å²) in [6.07, 6.45) is 1.51. The molecule has 0 aliphatic carbocycles. The van der Waals surface area contributed by atoms with E-state index in [2.05, 4.69) is 26.1 Å². The summed E-state index contributed by atoms with van der Waals surface area (Å²) >= 11 is 0. The van der Waals surface area contributed by atoms with E-state index in [4.69, 9.17) is 5.73 Å². The highest BCUT2D eigenvalue weighted by Gasteiger charge is 2.39. The molecule has 0 aromatic carbocycles. The lowest BCUT2D eigenvalue weighted by molar-refractivity contribution is -0.536. The molecule has 1 rings (SSSR count). The normalized spacial score (nSPS) is 32.7. The molecule has 1 heterocycles. The van der Waals surface area contributed by atoms with Crippen molar-refractivity contribution in [3.63, 3.8) is 0 Å². The van der Waals surface area contributed by atoms with Gasteiger partial charge in [-0.2, -0.15) is 0 Å². The van der Waals surface area contributed by atoms with E-state index in [1.165, 1.54) is 0 Å². The van der Waals surface area contributed by atoms with E-state index in [1.54, 1.807) is 0 Å². The molecule has 3 unspecified atom stereocenters. The van der Waals surface area contributed by atoms with E-state index in [-0.39, 0.29) is 16.5 Å². The van der Waals surface area contributed by atoms with Crippen LogP contribution in [0.1, 0.15) is 40.0 Å². The highest BCUT2D eigenvalue weighted by Crippen LogP contribution is 2.38. The second-order valence-electron chi connectivity index (χ2n) is 5.08. The Balaban J connectivity index is 2.71. The van der Waals surface area contributed by atoms with Crippen molar-refractivity contribution in [2.75, 3.05) is 0 Å². The van der Waals surface area contributed by atoms with Crippen molar-refractivity contribution < 1.29 is 4.92 Å². The van der Waals surface area contributed by atoms with Gasteiger partial charge in [0.1, 0.15) is 0 Å². The molecule has 3 N–H and O–H groups in total. The summed E-state index contributed by atoms with van der Waals surface area (Å²) in [6, 6.07) is 0. The molecule has 0 saturated carbocycles. The van der Waals surface area contributed by atoms with Gasteiger partial charge in [0.15, 0.2) is 0 Å². The zero-order valence-electron chi connectivity index (χ0n) is 9.69. The van der Waals surface area contributed by atoms with E-state index in [0.717, 1.165) is 12.8 Å². The average molecular weight is 215 g/mol. The number of hydrogen-bond acceptors (Lipinski definition) is 4. The van der Waals surface area contributed by atoms with Crippen LogP contribution in [0.15, 0.2) is 0 Å². The van der Waals surface area contributed by atoms with Gasteiger partial charge in [0.25, 0.3) is 6.17 Å². The first-order valence-corrected chi connectivity index (χ1v) is 5.52. The van der Waals surface area contributed by atoms with Crippen LogP contribution in [0, 0.1) is 21.4 Å². The Labute approximate surface area is 90.6 Å². The van der Waals surface area contributed by atoms with Crippen molar-refractivity contribution in [3.8, 4) is 0 Å². The van der Waals surface area contributed by atoms with Crippen molar-refractivity contribution in [2.24, 2.45) is 17.1 Å². The van der Waals surface area contributed by atoms with Crippen LogP contribution in [0.2, 0.25) is 0 Å². The maximum absolute atomic E-state index is 10.7. The number of nitrogens with one attached hydrogen (secondary N) is 1. The second-order valence-corrected chi connectivity index (χ2v) is 5.08. The Bertz CT molecular complexity index is 243. The maximum atomic E-state index is 10.7. The van der Waals surface area contributed by atoms with E-state index < -0.39 is 6.17 Å². The van der Waals surface area contributed by atoms with Gasteiger partial charge in [-0.15, -0.1) is 0 Å². The fraction of sp³-hybridized carbons (Fsp3) is 1.00. The fourth-order valence-corrected chi connectivity index (χ4v) is 2.13. The van der Waals surface area contributed by atoms with Crippen molar-refractivity contribution >= 4 is 0 Å². The molecule has 3 atom stereocenters. The number of nitrogens with zero attached hydrogens (tertiary/aromatic N) is 1. The van der Waals surface area contributed by atoms with Crippen LogP contribution in [-0.2, 0) is 0 Å². The molecular formula is C10H21N3O2. The third kappa shape index (κ3) is 2.89. The minimum atomic E-state index is -0.676. The molecule has 0 radical (unpaired) electrons. The van der Waals surface area contributed by atoms with Gasteiger partial charge in [0.2, 0.25) is 0 Å². The molecular weight excluding hydrogens is 194 g/mol. The molecule has 0 aromatic heterocycles. The van der Waals surface area contributed by atoms with Crippen molar-refractivity contribution in [1.29, 1.82) is 0 Å². The van der Waals surface area contributed by atoms with Crippen LogP contribution >= 0.6 is 0 Å². The predicted molar refractivity (Wildman–Crippen MR) is 58.7 cm³/mol. The molecule has 0 aromatic rings. The molecule has 5 nitrogen and oxygen atoms in total. The van der Waals surface area contributed by atoms with Crippen LogP contribution < -0.4 is 11.1 Å². The summed E-state index contributed by atoms with van der Waals surface area (Å²) in [5.41, 5.74) is 5.92. The lowest BCUT2D eigenvalue weighted by atomic mass is 9.71. The van der Waals surface area contributed by atoms with Crippen LogP contribution in [0.25, 0.3) is 0 Å².